The molecular formula is C14H21ClN4O3. The number of hydrogen-bond acceptors (Lipinski definition) is 5. The van der Waals surface area contributed by atoms with Crippen LogP contribution in [0.3, 0.4) is 0 Å². The first-order chi connectivity index (χ1) is 10.1. The Hall–Kier alpha value is -1.86. The number of para-hydroxylation sites is 2. The average Bonchev–Trinajstić information content (AvgIpc) is 2.48. The van der Waals surface area contributed by atoms with Gasteiger partial charge in [0.1, 0.15) is 5.69 Å². The van der Waals surface area contributed by atoms with Gasteiger partial charge in [-0.1, -0.05) is 19.1 Å². The van der Waals surface area contributed by atoms with Crippen molar-refractivity contribution >= 4 is 29.7 Å². The van der Waals surface area contributed by atoms with Crippen LogP contribution >= 0.6 is 12.4 Å². The van der Waals surface area contributed by atoms with Gasteiger partial charge in [0, 0.05) is 18.7 Å². The molecular weight excluding hydrogens is 308 g/mol. The topological polar surface area (TPSA) is 96.3 Å². The number of carbonyl (C=O) groups is 1. The molecule has 2 atom stereocenters. The first kappa shape index (κ1) is 18.2. The molecule has 1 fully saturated rings. The molecule has 8 heteroatoms. The van der Waals surface area contributed by atoms with E-state index in [1.54, 1.807) is 18.2 Å². The first-order valence-electron chi connectivity index (χ1n) is 7.05. The summed E-state index contributed by atoms with van der Waals surface area (Å²) in [6, 6.07) is 6.40. The van der Waals surface area contributed by atoms with E-state index in [1.807, 2.05) is 0 Å². The third-order valence-electron chi connectivity index (χ3n) is 3.71. The summed E-state index contributed by atoms with van der Waals surface area (Å²) in [4.78, 5) is 22.4. The lowest BCUT2D eigenvalue weighted by atomic mass is 9.95. The van der Waals surface area contributed by atoms with Crippen LogP contribution in [-0.4, -0.2) is 36.5 Å². The fraction of sp³-hybridized carbons (Fsp3) is 0.500. The highest BCUT2D eigenvalue weighted by Gasteiger charge is 2.22. The Morgan fingerprint density at radius 3 is 2.86 bits per heavy atom. The Kier molecular flexibility index (Phi) is 7.07. The van der Waals surface area contributed by atoms with Crippen molar-refractivity contribution in [1.29, 1.82) is 0 Å². The molecule has 1 aromatic carbocycles. The number of carbonyl (C=O) groups excluding carboxylic acids is 1. The lowest BCUT2D eigenvalue weighted by Crippen LogP contribution is -2.51. The Morgan fingerprint density at radius 2 is 2.18 bits per heavy atom. The van der Waals surface area contributed by atoms with Crippen molar-refractivity contribution in [3.05, 3.63) is 34.4 Å². The fourth-order valence-corrected chi connectivity index (χ4v) is 2.40. The second kappa shape index (κ2) is 8.55. The normalized spacial score (nSPS) is 20.6. The van der Waals surface area contributed by atoms with E-state index in [2.05, 4.69) is 22.9 Å². The van der Waals surface area contributed by atoms with Gasteiger partial charge in [-0.2, -0.15) is 0 Å². The number of nitrogens with zero attached hydrogens (tertiary/aromatic N) is 1. The van der Waals surface area contributed by atoms with E-state index in [0.717, 1.165) is 19.5 Å². The molecule has 1 amide bonds. The number of anilines is 1. The van der Waals surface area contributed by atoms with Crippen LogP contribution in [0.4, 0.5) is 11.4 Å². The summed E-state index contributed by atoms with van der Waals surface area (Å²) in [6.07, 6.45) is 1.03. The van der Waals surface area contributed by atoms with Gasteiger partial charge in [-0.15, -0.1) is 12.4 Å². The number of hydrogen-bond donors (Lipinski definition) is 3. The quantitative estimate of drug-likeness (QED) is 0.563. The predicted molar refractivity (Wildman–Crippen MR) is 87.4 cm³/mol. The van der Waals surface area contributed by atoms with Crippen LogP contribution in [0.25, 0.3) is 0 Å². The molecule has 0 aliphatic carbocycles. The first-order valence-corrected chi connectivity index (χ1v) is 7.05. The van der Waals surface area contributed by atoms with Crippen molar-refractivity contribution < 1.29 is 9.72 Å². The summed E-state index contributed by atoms with van der Waals surface area (Å²) in [5.41, 5.74) is 0.325. The van der Waals surface area contributed by atoms with Crippen LogP contribution in [0.5, 0.6) is 0 Å². The monoisotopic (exact) mass is 328 g/mol. The molecule has 0 saturated carbocycles. The minimum absolute atomic E-state index is 0. The zero-order valence-corrected chi connectivity index (χ0v) is 13.2. The highest BCUT2D eigenvalue weighted by Crippen LogP contribution is 2.22. The Morgan fingerprint density at radius 1 is 1.45 bits per heavy atom. The molecule has 22 heavy (non-hydrogen) atoms. The van der Waals surface area contributed by atoms with E-state index in [4.69, 9.17) is 0 Å². The van der Waals surface area contributed by atoms with Crippen LogP contribution in [0, 0.1) is 16.0 Å². The maximum Gasteiger partial charge on any atom is 0.292 e. The summed E-state index contributed by atoms with van der Waals surface area (Å²) < 4.78 is 0. The number of nitrogens with one attached hydrogen (secondary N) is 3. The Balaban J connectivity index is 0.00000242. The average molecular weight is 329 g/mol. The second-order valence-electron chi connectivity index (χ2n) is 5.27. The number of amides is 1. The van der Waals surface area contributed by atoms with Crippen LogP contribution < -0.4 is 16.0 Å². The van der Waals surface area contributed by atoms with Gasteiger partial charge in [-0.05, 0) is 24.9 Å². The standard InChI is InChI=1S/C14H20N4O3.ClH/c1-10-6-7-15-8-12(10)17-14(19)9-16-11-4-2-3-5-13(11)18(20)21;/h2-5,10,12,15-16H,6-9H2,1H3,(H,17,19);1H. The molecule has 1 aliphatic heterocycles. The Labute approximate surface area is 135 Å². The van der Waals surface area contributed by atoms with E-state index >= 15 is 0 Å². The molecule has 0 radical (unpaired) electrons. The lowest BCUT2D eigenvalue weighted by molar-refractivity contribution is -0.383. The predicted octanol–water partition coefficient (Wildman–Crippen LogP) is 1.54. The minimum Gasteiger partial charge on any atom is -0.371 e. The van der Waals surface area contributed by atoms with Crippen molar-refractivity contribution in [3.8, 4) is 0 Å². The maximum atomic E-state index is 11.9. The summed E-state index contributed by atoms with van der Waals surface area (Å²) >= 11 is 0. The molecule has 1 aliphatic rings. The molecule has 3 N–H and O–H groups in total. The molecule has 122 valence electrons. The Bertz CT molecular complexity index is 527. The highest BCUT2D eigenvalue weighted by atomic mass is 35.5. The van der Waals surface area contributed by atoms with E-state index < -0.39 is 4.92 Å². The van der Waals surface area contributed by atoms with E-state index in [9.17, 15) is 14.9 Å². The van der Waals surface area contributed by atoms with Gasteiger partial charge in [0.05, 0.1) is 11.5 Å². The molecule has 0 bridgehead atoms. The van der Waals surface area contributed by atoms with E-state index in [1.165, 1.54) is 6.07 Å². The number of benzene rings is 1. The third-order valence-corrected chi connectivity index (χ3v) is 3.71. The van der Waals surface area contributed by atoms with Crippen LogP contribution in [0.15, 0.2) is 24.3 Å². The molecule has 0 aromatic heterocycles. The largest absolute Gasteiger partial charge is 0.371 e. The number of piperidine rings is 1. The second-order valence-corrected chi connectivity index (χ2v) is 5.27. The van der Waals surface area contributed by atoms with Crippen molar-refractivity contribution in [1.82, 2.24) is 10.6 Å². The lowest BCUT2D eigenvalue weighted by Gasteiger charge is -2.30. The van der Waals surface area contributed by atoms with Gasteiger partial charge >= 0.3 is 0 Å². The highest BCUT2D eigenvalue weighted by molar-refractivity contribution is 5.85. The van der Waals surface area contributed by atoms with E-state index in [0.29, 0.717) is 11.6 Å². The molecule has 1 aromatic rings. The summed E-state index contributed by atoms with van der Waals surface area (Å²) in [6.45, 7) is 3.87. The smallest absolute Gasteiger partial charge is 0.292 e. The van der Waals surface area contributed by atoms with Gasteiger partial charge in [-0.25, -0.2) is 0 Å². The SMILES string of the molecule is CC1CCNCC1NC(=O)CNc1ccccc1[N+](=O)[O-].Cl. The van der Waals surface area contributed by atoms with Gasteiger partial charge in [0.2, 0.25) is 5.91 Å². The van der Waals surface area contributed by atoms with Crippen molar-refractivity contribution in [2.75, 3.05) is 25.0 Å². The van der Waals surface area contributed by atoms with Crippen LogP contribution in [0.1, 0.15) is 13.3 Å². The molecule has 2 unspecified atom stereocenters. The zero-order chi connectivity index (χ0) is 15.2. The van der Waals surface area contributed by atoms with Crippen molar-refractivity contribution in [2.45, 2.75) is 19.4 Å². The maximum absolute atomic E-state index is 11.9. The zero-order valence-electron chi connectivity index (χ0n) is 12.4. The van der Waals surface area contributed by atoms with Gasteiger partial charge in [-0.3, -0.25) is 14.9 Å². The van der Waals surface area contributed by atoms with Crippen LogP contribution in [0.2, 0.25) is 0 Å². The van der Waals surface area contributed by atoms with Gasteiger partial charge in [0.25, 0.3) is 5.69 Å². The third kappa shape index (κ3) is 4.85. The molecule has 2 rings (SSSR count). The van der Waals surface area contributed by atoms with Crippen molar-refractivity contribution in [3.63, 3.8) is 0 Å². The summed E-state index contributed by atoms with van der Waals surface area (Å²) in [5.74, 6) is 0.273. The van der Waals surface area contributed by atoms with Crippen LogP contribution in [-0.2, 0) is 4.79 Å². The summed E-state index contributed by atoms with van der Waals surface area (Å²) in [5, 5.41) is 19.9. The van der Waals surface area contributed by atoms with E-state index in [-0.39, 0.29) is 36.6 Å². The molecule has 1 saturated heterocycles. The van der Waals surface area contributed by atoms with Crippen molar-refractivity contribution in [2.24, 2.45) is 5.92 Å². The van der Waals surface area contributed by atoms with Gasteiger partial charge in [0.15, 0.2) is 0 Å². The molecule has 0 spiro atoms. The number of nitro groups is 1. The molecule has 7 nitrogen and oxygen atoms in total. The number of halogens is 1. The molecule has 1 heterocycles. The number of nitro benzene ring substituents is 1. The number of rotatable bonds is 5. The van der Waals surface area contributed by atoms with Gasteiger partial charge < -0.3 is 16.0 Å². The summed E-state index contributed by atoms with van der Waals surface area (Å²) in [7, 11) is 0. The minimum atomic E-state index is -0.465. The fourth-order valence-electron chi connectivity index (χ4n) is 2.40.